The lowest BCUT2D eigenvalue weighted by Crippen LogP contribution is -2.37. The number of hydrogen-bond donors (Lipinski definition) is 1. The highest BCUT2D eigenvalue weighted by Gasteiger charge is 2.52. The molecule has 4 atom stereocenters. The van der Waals surface area contributed by atoms with Crippen molar-refractivity contribution in [3.05, 3.63) is 29.8 Å². The number of nitrogens with zero attached hydrogens (tertiary/aromatic N) is 1. The summed E-state index contributed by atoms with van der Waals surface area (Å²) < 4.78 is 43.0. The molecule has 0 bridgehead atoms. The first-order valence-corrected chi connectivity index (χ1v) is 11.1. The highest BCUT2D eigenvalue weighted by Crippen LogP contribution is 2.43. The van der Waals surface area contributed by atoms with E-state index < -0.39 is 60.4 Å². The molecule has 1 saturated heterocycles. The molecule has 7 nitrogen and oxygen atoms in total. The summed E-state index contributed by atoms with van der Waals surface area (Å²) in [6.45, 7) is -1.40. The number of carbonyl (C=O) groups excluding carboxylic acids is 4. The van der Waals surface area contributed by atoms with E-state index in [4.69, 9.17) is 4.74 Å². The van der Waals surface area contributed by atoms with E-state index in [0.717, 1.165) is 23.1 Å². The van der Waals surface area contributed by atoms with Gasteiger partial charge < -0.3 is 10.1 Å². The second-order valence-electron chi connectivity index (χ2n) is 7.27. The van der Waals surface area contributed by atoms with Crippen LogP contribution in [0.2, 0.25) is 0 Å². The molecule has 3 rings (SSSR count). The Morgan fingerprint density at radius 1 is 1.10 bits per heavy atom. The van der Waals surface area contributed by atoms with Crippen LogP contribution < -0.4 is 5.32 Å². The third-order valence-corrected chi connectivity index (χ3v) is 7.86. The number of ether oxygens (including phenoxy) is 1. The van der Waals surface area contributed by atoms with Crippen LogP contribution in [0.1, 0.15) is 18.4 Å². The molecular formula is C19H17Br2F3N2O5. The number of benzene rings is 1. The zero-order valence-electron chi connectivity index (χ0n) is 15.8. The molecule has 3 amide bonds. The number of alkyl halides is 5. The fourth-order valence-electron chi connectivity index (χ4n) is 3.61. The lowest BCUT2D eigenvalue weighted by atomic mass is 9.81. The maximum atomic E-state index is 12.7. The first-order chi connectivity index (χ1) is 14.5. The minimum absolute atomic E-state index is 0.0249. The Hall–Kier alpha value is -1.95. The second-order valence-corrected chi connectivity index (χ2v) is 9.62. The van der Waals surface area contributed by atoms with Crippen molar-refractivity contribution >= 4 is 61.2 Å². The lowest BCUT2D eigenvalue weighted by molar-refractivity contribution is -0.154. The van der Waals surface area contributed by atoms with Crippen LogP contribution in [0.5, 0.6) is 0 Å². The molecule has 31 heavy (non-hydrogen) atoms. The van der Waals surface area contributed by atoms with Crippen molar-refractivity contribution in [1.29, 1.82) is 0 Å². The molecule has 2 fully saturated rings. The minimum atomic E-state index is -4.57. The summed E-state index contributed by atoms with van der Waals surface area (Å²) >= 11 is 6.93. The molecule has 1 aliphatic carbocycles. The highest BCUT2D eigenvalue weighted by atomic mass is 79.9. The molecule has 2 aliphatic rings. The van der Waals surface area contributed by atoms with Crippen LogP contribution in [0.25, 0.3) is 0 Å². The Morgan fingerprint density at radius 3 is 2.23 bits per heavy atom. The van der Waals surface area contributed by atoms with Gasteiger partial charge in [-0.05, 0) is 31.0 Å². The number of nitrogens with one attached hydrogen (secondary N) is 1. The second kappa shape index (κ2) is 9.27. The van der Waals surface area contributed by atoms with Crippen LogP contribution in [0.3, 0.4) is 0 Å². The van der Waals surface area contributed by atoms with Crippen LogP contribution in [-0.2, 0) is 30.1 Å². The van der Waals surface area contributed by atoms with Crippen molar-refractivity contribution in [2.75, 3.05) is 18.5 Å². The Balaban J connectivity index is 1.52. The SMILES string of the molecule is O=C(COC(=O)CN1C(=O)[C@H]2C[C@@H](Br)[C@@H](Br)C[C@H]2C1=O)Nc1cccc(C(F)(F)F)c1. The summed E-state index contributed by atoms with van der Waals surface area (Å²) in [6, 6.07) is 3.99. The topological polar surface area (TPSA) is 92.8 Å². The van der Waals surface area contributed by atoms with Gasteiger partial charge in [0.25, 0.3) is 5.91 Å². The van der Waals surface area contributed by atoms with Gasteiger partial charge in [0, 0.05) is 15.3 Å². The van der Waals surface area contributed by atoms with Gasteiger partial charge in [-0.1, -0.05) is 37.9 Å². The van der Waals surface area contributed by atoms with Gasteiger partial charge in [-0.3, -0.25) is 24.1 Å². The smallest absolute Gasteiger partial charge is 0.416 e. The first-order valence-electron chi connectivity index (χ1n) is 9.23. The van der Waals surface area contributed by atoms with Crippen molar-refractivity contribution in [1.82, 2.24) is 4.90 Å². The van der Waals surface area contributed by atoms with Gasteiger partial charge >= 0.3 is 12.1 Å². The van der Waals surface area contributed by atoms with Crippen LogP contribution in [0.15, 0.2) is 24.3 Å². The predicted molar refractivity (Wildman–Crippen MR) is 109 cm³/mol. The zero-order valence-corrected chi connectivity index (χ0v) is 19.0. The van der Waals surface area contributed by atoms with Gasteiger partial charge in [0.2, 0.25) is 11.8 Å². The molecule has 1 aromatic rings. The number of anilines is 1. The van der Waals surface area contributed by atoms with E-state index in [-0.39, 0.29) is 15.3 Å². The molecule has 168 valence electrons. The third-order valence-electron chi connectivity index (χ3n) is 5.13. The molecule has 1 N–H and O–H groups in total. The lowest BCUT2D eigenvalue weighted by Gasteiger charge is -2.29. The maximum Gasteiger partial charge on any atom is 0.416 e. The van der Waals surface area contributed by atoms with Crippen molar-refractivity contribution < 1.29 is 37.1 Å². The largest absolute Gasteiger partial charge is 0.454 e. The summed E-state index contributed by atoms with van der Waals surface area (Å²) in [5, 5.41) is 2.20. The monoisotopic (exact) mass is 568 g/mol. The Labute approximate surface area is 191 Å². The average molecular weight is 570 g/mol. The number of likely N-dealkylation sites (tertiary alicyclic amines) is 1. The van der Waals surface area contributed by atoms with Gasteiger partial charge in [0.05, 0.1) is 17.4 Å². The molecule has 1 aliphatic heterocycles. The molecule has 0 unspecified atom stereocenters. The summed E-state index contributed by atoms with van der Waals surface area (Å²) in [7, 11) is 0. The van der Waals surface area contributed by atoms with E-state index >= 15 is 0 Å². The summed E-state index contributed by atoms with van der Waals surface area (Å²) in [5.41, 5.74) is -1.05. The fourth-order valence-corrected chi connectivity index (χ4v) is 4.85. The molecule has 0 aromatic heterocycles. The minimum Gasteiger partial charge on any atom is -0.454 e. The van der Waals surface area contributed by atoms with Crippen molar-refractivity contribution in [2.24, 2.45) is 11.8 Å². The van der Waals surface area contributed by atoms with Gasteiger partial charge in [-0.15, -0.1) is 0 Å². The summed E-state index contributed by atoms with van der Waals surface area (Å²) in [4.78, 5) is 49.9. The Bertz CT molecular complexity index is 883. The van der Waals surface area contributed by atoms with Crippen LogP contribution in [0, 0.1) is 11.8 Å². The van der Waals surface area contributed by atoms with Crippen LogP contribution in [-0.4, -0.2) is 51.4 Å². The number of imide groups is 1. The molecular weight excluding hydrogens is 553 g/mol. The number of fused-ring (bicyclic) bond motifs is 1. The molecule has 12 heteroatoms. The predicted octanol–water partition coefficient (Wildman–Crippen LogP) is 3.11. The molecule has 1 saturated carbocycles. The van der Waals surface area contributed by atoms with E-state index in [1.807, 2.05) is 0 Å². The molecule has 0 spiro atoms. The number of esters is 1. The first kappa shape index (κ1) is 23.7. The van der Waals surface area contributed by atoms with E-state index in [1.165, 1.54) is 6.07 Å². The van der Waals surface area contributed by atoms with Gasteiger partial charge in [-0.2, -0.15) is 13.2 Å². The fraction of sp³-hybridized carbons (Fsp3) is 0.474. The highest BCUT2D eigenvalue weighted by molar-refractivity contribution is 9.12. The Kier molecular flexibility index (Phi) is 7.09. The van der Waals surface area contributed by atoms with Crippen LogP contribution in [0.4, 0.5) is 18.9 Å². The van der Waals surface area contributed by atoms with Crippen molar-refractivity contribution in [2.45, 2.75) is 28.7 Å². The van der Waals surface area contributed by atoms with Crippen LogP contribution >= 0.6 is 31.9 Å². The quantitative estimate of drug-likeness (QED) is 0.334. The number of amides is 3. The number of rotatable bonds is 5. The van der Waals surface area contributed by atoms with Crippen molar-refractivity contribution in [3.8, 4) is 0 Å². The normalized spacial score (nSPS) is 25.9. The van der Waals surface area contributed by atoms with Gasteiger partial charge in [-0.25, -0.2) is 0 Å². The van der Waals surface area contributed by atoms with E-state index in [9.17, 15) is 32.3 Å². The van der Waals surface area contributed by atoms with Gasteiger partial charge in [0.1, 0.15) is 6.54 Å². The summed E-state index contributed by atoms with van der Waals surface area (Å²) in [6.07, 6.45) is -3.66. The van der Waals surface area contributed by atoms with Gasteiger partial charge in [0.15, 0.2) is 6.61 Å². The molecule has 0 radical (unpaired) electrons. The maximum absolute atomic E-state index is 12.7. The number of carbonyl (C=O) groups is 4. The standard InChI is InChI=1S/C19H17Br2F3N2O5/c20-13-5-11-12(6-14(13)21)18(30)26(17(11)29)7-16(28)31-8-15(27)25-10-3-1-2-9(4-10)19(22,23)24/h1-4,11-14H,5-8H2,(H,25,27)/t11-,12+,13+,14-. The van der Waals surface area contributed by atoms with E-state index in [1.54, 1.807) is 0 Å². The Morgan fingerprint density at radius 2 is 1.68 bits per heavy atom. The van der Waals surface area contributed by atoms with E-state index in [2.05, 4.69) is 37.2 Å². The third kappa shape index (κ3) is 5.46. The zero-order chi connectivity index (χ0) is 22.9. The molecule has 1 aromatic carbocycles. The molecule has 1 heterocycles. The average Bonchev–Trinajstić information content (AvgIpc) is 2.91. The number of hydrogen-bond acceptors (Lipinski definition) is 5. The van der Waals surface area contributed by atoms with E-state index in [0.29, 0.717) is 12.8 Å². The summed E-state index contributed by atoms with van der Waals surface area (Å²) in [5.74, 6) is -3.76. The number of halogens is 5. The van der Waals surface area contributed by atoms with Crippen molar-refractivity contribution in [3.63, 3.8) is 0 Å².